The van der Waals surface area contributed by atoms with Gasteiger partial charge in [0.2, 0.25) is 5.60 Å². The quantitative estimate of drug-likeness (QED) is 0.0929. The predicted molar refractivity (Wildman–Crippen MR) is 142 cm³/mol. The van der Waals surface area contributed by atoms with Gasteiger partial charge in [0, 0.05) is 27.7 Å². The molecule has 17 nitrogen and oxygen atoms in total. The van der Waals surface area contributed by atoms with E-state index in [4.69, 9.17) is 33.2 Å². The molecule has 0 aliphatic carbocycles. The molecule has 2 fully saturated rings. The molecule has 0 bridgehead atoms. The molecule has 0 saturated carbocycles. The zero-order valence-corrected chi connectivity index (χ0v) is 26.5. The van der Waals surface area contributed by atoms with Gasteiger partial charge in [-0.1, -0.05) is 15.9 Å². The number of esters is 4. The number of rotatable bonds is 11. The van der Waals surface area contributed by atoms with E-state index in [1.807, 2.05) is 0 Å². The van der Waals surface area contributed by atoms with Crippen LogP contribution in [0, 0.1) is 0 Å². The number of Topliss-reactive ketones (excluding diaryl/α,β-unsaturated/α-hetero) is 3. The molecule has 18 heteroatoms. The van der Waals surface area contributed by atoms with Gasteiger partial charge in [-0.3, -0.25) is 33.6 Å². The third-order valence-electron chi connectivity index (χ3n) is 6.96. The van der Waals surface area contributed by atoms with E-state index >= 15 is 0 Å². The molecule has 0 aromatic rings. The van der Waals surface area contributed by atoms with Crippen LogP contribution in [0.15, 0.2) is 0 Å². The van der Waals surface area contributed by atoms with Crippen molar-refractivity contribution in [1.29, 1.82) is 0 Å². The Bertz CT molecular complexity index is 1190. The molecule has 10 atom stereocenters. The normalized spacial score (nSPS) is 35.9. The number of alkyl halides is 1. The topological polar surface area (TPSA) is 245 Å². The van der Waals surface area contributed by atoms with Crippen molar-refractivity contribution in [3.8, 4) is 0 Å². The van der Waals surface area contributed by atoms with Crippen molar-refractivity contribution in [3.63, 3.8) is 0 Å². The second-order valence-corrected chi connectivity index (χ2v) is 11.2. The van der Waals surface area contributed by atoms with Crippen molar-refractivity contribution in [1.82, 2.24) is 0 Å². The highest BCUT2D eigenvalue weighted by atomic mass is 79.9. The largest absolute Gasteiger partial charge is 0.451 e. The van der Waals surface area contributed by atoms with Crippen LogP contribution in [0.1, 0.15) is 48.5 Å². The Morgan fingerprint density at radius 3 is 1.75 bits per heavy atom. The number of aliphatic hydroxyl groups excluding tert-OH is 3. The number of carbonyl (C=O) groups is 7. The van der Waals surface area contributed by atoms with Gasteiger partial charge >= 0.3 is 23.9 Å². The summed E-state index contributed by atoms with van der Waals surface area (Å²) in [5, 5.41) is 29.7. The van der Waals surface area contributed by atoms with Crippen LogP contribution in [-0.2, 0) is 66.7 Å². The highest BCUT2D eigenvalue weighted by Crippen LogP contribution is 2.52. The Balaban J connectivity index is 3.08. The third-order valence-corrected chi connectivity index (χ3v) is 7.72. The summed E-state index contributed by atoms with van der Waals surface area (Å²) in [6.07, 6.45) is -11.3. The zero-order valence-electron chi connectivity index (χ0n) is 24.9. The van der Waals surface area contributed by atoms with Gasteiger partial charge in [-0.05, 0) is 20.8 Å². The van der Waals surface area contributed by atoms with Gasteiger partial charge in [0.25, 0.3) is 11.4 Å². The molecule has 0 aromatic carbocycles. The number of ether oxygens (including phenoxy) is 7. The maximum Gasteiger partial charge on any atom is 0.305 e. The first-order chi connectivity index (χ1) is 20.2. The van der Waals surface area contributed by atoms with Crippen molar-refractivity contribution in [2.24, 2.45) is 0 Å². The van der Waals surface area contributed by atoms with Gasteiger partial charge in [0.1, 0.15) is 29.4 Å². The molecule has 2 saturated heterocycles. The molecule has 2 rings (SSSR count). The fourth-order valence-electron chi connectivity index (χ4n) is 5.27. The minimum atomic E-state index is -3.33. The minimum absolute atomic E-state index is 0.767. The van der Waals surface area contributed by atoms with Crippen LogP contribution < -0.4 is 0 Å². The van der Waals surface area contributed by atoms with Crippen LogP contribution in [0.2, 0.25) is 0 Å². The van der Waals surface area contributed by atoms with E-state index in [1.165, 1.54) is 0 Å². The average Bonchev–Trinajstić information content (AvgIpc) is 2.88. The molecule has 1 unspecified atom stereocenters. The van der Waals surface area contributed by atoms with Crippen molar-refractivity contribution >= 4 is 57.2 Å². The van der Waals surface area contributed by atoms with Crippen LogP contribution in [0.5, 0.6) is 0 Å². The van der Waals surface area contributed by atoms with E-state index in [-0.39, 0.29) is 0 Å². The van der Waals surface area contributed by atoms with Gasteiger partial charge in [0.15, 0.2) is 29.6 Å². The highest BCUT2D eigenvalue weighted by molar-refractivity contribution is 9.09. The highest BCUT2D eigenvalue weighted by Gasteiger charge is 2.83. The molecule has 2 aliphatic rings. The Morgan fingerprint density at radius 2 is 1.32 bits per heavy atom. The van der Waals surface area contributed by atoms with Crippen LogP contribution in [0.4, 0.5) is 0 Å². The number of halogens is 1. The van der Waals surface area contributed by atoms with E-state index in [2.05, 4.69) is 15.9 Å². The van der Waals surface area contributed by atoms with E-state index < -0.39 is 113 Å². The Labute approximate surface area is 259 Å². The number of ketones is 3. The van der Waals surface area contributed by atoms with Gasteiger partial charge in [0.05, 0.1) is 13.2 Å². The monoisotopic (exact) mass is 698 g/mol. The summed E-state index contributed by atoms with van der Waals surface area (Å²) in [5.74, 6) is -11.7. The lowest BCUT2D eigenvalue weighted by Gasteiger charge is -2.59. The standard InChI is InChI=1S/C26H35BrO17/c1-10(28)21(40-13(4)31)22-26(44-16(7)34,39-8-17-18(35)19(36)20(37)23(27)41-17)25(12(3)30,43-15(6)33)24(9-38-22,11(2)29)42-14(5)32/h17-23,35-37H,8-9H2,1-7H3/t17-,18+,19+,20-,21?,22-,23+,24-,25-,26-/m1/s1. The molecule has 2 heterocycles. The van der Waals surface area contributed by atoms with Crippen molar-refractivity contribution < 1.29 is 82.0 Å². The first-order valence-electron chi connectivity index (χ1n) is 13.1. The molecule has 2 aliphatic heterocycles. The van der Waals surface area contributed by atoms with Crippen LogP contribution >= 0.6 is 15.9 Å². The van der Waals surface area contributed by atoms with E-state index in [0.29, 0.717) is 0 Å². The number of hydrogen-bond donors (Lipinski definition) is 3. The molecule has 0 spiro atoms. The maximum atomic E-state index is 13.9. The molecular weight excluding hydrogens is 664 g/mol. The summed E-state index contributed by atoms with van der Waals surface area (Å²) in [5.41, 5.74) is -6.28. The smallest absolute Gasteiger partial charge is 0.305 e. The number of carbonyl (C=O) groups excluding carboxylic acids is 7. The summed E-state index contributed by atoms with van der Waals surface area (Å²) in [6.45, 7) is 3.74. The molecule has 0 radical (unpaired) electrons. The minimum Gasteiger partial charge on any atom is -0.451 e. The van der Waals surface area contributed by atoms with Crippen molar-refractivity contribution in [2.75, 3.05) is 13.2 Å². The van der Waals surface area contributed by atoms with Gasteiger partial charge in [-0.25, -0.2) is 0 Å². The Kier molecular flexibility index (Phi) is 11.9. The Hall–Kier alpha value is -2.87. The first-order valence-corrected chi connectivity index (χ1v) is 14.0. The fourth-order valence-corrected chi connectivity index (χ4v) is 5.86. The lowest BCUT2D eigenvalue weighted by atomic mass is 9.66. The maximum absolute atomic E-state index is 13.9. The van der Waals surface area contributed by atoms with Crippen molar-refractivity contribution in [2.45, 2.75) is 107 Å². The van der Waals surface area contributed by atoms with E-state index in [9.17, 15) is 48.9 Å². The van der Waals surface area contributed by atoms with Crippen LogP contribution in [-0.4, -0.2) is 128 Å². The first kappa shape index (κ1) is 37.3. The fraction of sp³-hybridized carbons (Fsp3) is 0.731. The summed E-state index contributed by atoms with van der Waals surface area (Å²) in [4.78, 5) is 90.2. The summed E-state index contributed by atoms with van der Waals surface area (Å²) >= 11 is 2.97. The van der Waals surface area contributed by atoms with Gasteiger partial charge in [-0.15, -0.1) is 0 Å². The molecule has 0 aromatic heterocycles. The second-order valence-electron chi connectivity index (χ2n) is 10.2. The lowest BCUT2D eigenvalue weighted by Crippen LogP contribution is -2.86. The third kappa shape index (κ3) is 6.70. The average molecular weight is 699 g/mol. The summed E-state index contributed by atoms with van der Waals surface area (Å²) in [6, 6.07) is 0. The number of hydrogen-bond acceptors (Lipinski definition) is 17. The zero-order chi connectivity index (χ0) is 33.9. The molecule has 3 N–H and O–H groups in total. The SMILES string of the molecule is CC(=O)OC(C(C)=O)[C@H]1OC[C@@](OC(C)=O)(C(C)=O)[C@](OC(C)=O)(C(C)=O)[C@]1(OC[C@H]1O[C@H](Br)[C@H](O)[C@@H](O)[C@H]1O)OC(C)=O. The number of aliphatic hydroxyl groups is 3. The molecule has 248 valence electrons. The van der Waals surface area contributed by atoms with Gasteiger partial charge < -0.3 is 48.5 Å². The summed E-state index contributed by atoms with van der Waals surface area (Å²) in [7, 11) is 0. The second kappa shape index (κ2) is 14.1. The molecular formula is C26H35BrO17. The summed E-state index contributed by atoms with van der Waals surface area (Å²) < 4.78 is 38.7. The molecule has 44 heavy (non-hydrogen) atoms. The van der Waals surface area contributed by atoms with Gasteiger partial charge in [-0.2, -0.15) is 0 Å². The van der Waals surface area contributed by atoms with Crippen LogP contribution in [0.25, 0.3) is 0 Å². The van der Waals surface area contributed by atoms with Crippen molar-refractivity contribution in [3.05, 3.63) is 0 Å². The van der Waals surface area contributed by atoms with Crippen LogP contribution in [0.3, 0.4) is 0 Å². The Morgan fingerprint density at radius 1 is 0.773 bits per heavy atom. The van der Waals surface area contributed by atoms with E-state index in [1.54, 1.807) is 0 Å². The van der Waals surface area contributed by atoms with E-state index in [0.717, 1.165) is 48.5 Å². The lowest BCUT2D eigenvalue weighted by molar-refractivity contribution is -0.402. The predicted octanol–water partition coefficient (Wildman–Crippen LogP) is -1.83. The molecule has 0 amide bonds.